The molecule has 2 rings (SSSR count). The number of carbonyl (C=O) groups is 1. The predicted octanol–water partition coefficient (Wildman–Crippen LogP) is 2.70. The Balaban J connectivity index is 1.78. The van der Waals surface area contributed by atoms with E-state index >= 15 is 0 Å². The zero-order valence-electron chi connectivity index (χ0n) is 15.4. The fourth-order valence-electron chi connectivity index (χ4n) is 2.25. The molecule has 5 heteroatoms. The summed E-state index contributed by atoms with van der Waals surface area (Å²) in [4.78, 5) is 13.8. The molecule has 1 amide bonds. The number of carbonyl (C=O) groups excluding carboxylic acids is 1. The molecule has 2 aromatic rings. The molecule has 26 heavy (non-hydrogen) atoms. The van der Waals surface area contributed by atoms with Crippen molar-refractivity contribution in [3.63, 3.8) is 0 Å². The highest BCUT2D eigenvalue weighted by Gasteiger charge is 2.02. The first-order chi connectivity index (χ1) is 12.6. The van der Waals surface area contributed by atoms with Gasteiger partial charge in [-0.2, -0.15) is 0 Å². The van der Waals surface area contributed by atoms with E-state index in [1.807, 2.05) is 62.3 Å². The molecule has 0 aromatic heterocycles. The van der Waals surface area contributed by atoms with Crippen LogP contribution in [-0.2, 0) is 4.79 Å². The monoisotopic (exact) mass is 352 g/mol. The van der Waals surface area contributed by atoms with E-state index in [9.17, 15) is 4.79 Å². The SMILES string of the molecule is CCOc1ccc(OCC(=O)NCC#Cc2ccccc2N(C)C)cc1. The normalized spacial score (nSPS) is 9.65. The lowest BCUT2D eigenvalue weighted by molar-refractivity contribution is -0.122. The summed E-state index contributed by atoms with van der Waals surface area (Å²) < 4.78 is 10.8. The van der Waals surface area contributed by atoms with E-state index in [-0.39, 0.29) is 19.1 Å². The van der Waals surface area contributed by atoms with Gasteiger partial charge in [-0.05, 0) is 43.3 Å². The van der Waals surface area contributed by atoms with Gasteiger partial charge in [-0.1, -0.05) is 24.0 Å². The smallest absolute Gasteiger partial charge is 0.258 e. The number of anilines is 1. The second kappa shape index (κ2) is 10.00. The maximum Gasteiger partial charge on any atom is 0.258 e. The van der Waals surface area contributed by atoms with Crippen molar-refractivity contribution in [1.82, 2.24) is 5.32 Å². The third-order valence-electron chi connectivity index (χ3n) is 3.49. The van der Waals surface area contributed by atoms with Crippen molar-refractivity contribution in [2.24, 2.45) is 0 Å². The minimum atomic E-state index is -0.214. The van der Waals surface area contributed by atoms with Crippen LogP contribution < -0.4 is 19.7 Å². The topological polar surface area (TPSA) is 50.8 Å². The molecule has 0 saturated heterocycles. The molecule has 0 aliphatic rings. The highest BCUT2D eigenvalue weighted by Crippen LogP contribution is 2.17. The second-order valence-electron chi connectivity index (χ2n) is 5.68. The van der Waals surface area contributed by atoms with Crippen LogP contribution in [0.1, 0.15) is 12.5 Å². The van der Waals surface area contributed by atoms with Crippen molar-refractivity contribution in [2.45, 2.75) is 6.92 Å². The maximum absolute atomic E-state index is 11.8. The van der Waals surface area contributed by atoms with E-state index < -0.39 is 0 Å². The van der Waals surface area contributed by atoms with Crippen molar-refractivity contribution < 1.29 is 14.3 Å². The summed E-state index contributed by atoms with van der Waals surface area (Å²) in [5.74, 6) is 7.23. The summed E-state index contributed by atoms with van der Waals surface area (Å²) in [7, 11) is 3.95. The molecule has 0 fully saturated rings. The molecule has 0 saturated carbocycles. The van der Waals surface area contributed by atoms with Gasteiger partial charge >= 0.3 is 0 Å². The standard InChI is InChI=1S/C21H24N2O3/c1-4-25-18-11-13-19(14-12-18)26-16-21(24)22-15-7-9-17-8-5-6-10-20(17)23(2)3/h5-6,8,10-14H,4,15-16H2,1-3H3,(H,22,24). The van der Waals surface area contributed by atoms with Gasteiger partial charge in [0.15, 0.2) is 6.61 Å². The summed E-state index contributed by atoms with van der Waals surface area (Å²) in [6, 6.07) is 15.1. The van der Waals surface area contributed by atoms with E-state index in [0.717, 1.165) is 17.0 Å². The average Bonchev–Trinajstić information content (AvgIpc) is 2.65. The molecule has 0 atom stereocenters. The molecule has 0 aliphatic heterocycles. The molecule has 2 aromatic carbocycles. The van der Waals surface area contributed by atoms with Crippen LogP contribution in [0.3, 0.4) is 0 Å². The fourth-order valence-corrected chi connectivity index (χ4v) is 2.25. The zero-order valence-corrected chi connectivity index (χ0v) is 15.4. The minimum Gasteiger partial charge on any atom is -0.494 e. The van der Waals surface area contributed by atoms with Crippen LogP contribution in [0, 0.1) is 11.8 Å². The first kappa shape index (κ1) is 19.2. The summed E-state index contributed by atoms with van der Waals surface area (Å²) in [6.07, 6.45) is 0. The average molecular weight is 352 g/mol. The number of rotatable bonds is 7. The van der Waals surface area contributed by atoms with Gasteiger partial charge in [-0.15, -0.1) is 0 Å². The fraction of sp³-hybridized carbons (Fsp3) is 0.286. The van der Waals surface area contributed by atoms with Crippen LogP contribution in [0.2, 0.25) is 0 Å². The summed E-state index contributed by atoms with van der Waals surface area (Å²) in [5, 5.41) is 2.73. The lowest BCUT2D eigenvalue weighted by atomic mass is 10.1. The lowest BCUT2D eigenvalue weighted by Gasteiger charge is -2.13. The molecule has 0 spiro atoms. The van der Waals surface area contributed by atoms with Crippen LogP contribution >= 0.6 is 0 Å². The Hall–Kier alpha value is -3.13. The minimum absolute atomic E-state index is 0.0516. The third kappa shape index (κ3) is 6.06. The van der Waals surface area contributed by atoms with Gasteiger partial charge in [-0.3, -0.25) is 4.79 Å². The van der Waals surface area contributed by atoms with Gasteiger partial charge in [0.05, 0.1) is 18.8 Å². The molecule has 0 heterocycles. The molecule has 1 N–H and O–H groups in total. The largest absolute Gasteiger partial charge is 0.494 e. The highest BCUT2D eigenvalue weighted by molar-refractivity contribution is 5.77. The van der Waals surface area contributed by atoms with Gasteiger partial charge in [0.1, 0.15) is 11.5 Å². The Kier molecular flexibility index (Phi) is 7.38. The van der Waals surface area contributed by atoms with Gasteiger partial charge in [0.2, 0.25) is 0 Å². The number of hydrogen-bond donors (Lipinski definition) is 1. The first-order valence-electron chi connectivity index (χ1n) is 8.47. The second-order valence-corrected chi connectivity index (χ2v) is 5.68. The number of nitrogens with one attached hydrogen (secondary N) is 1. The third-order valence-corrected chi connectivity index (χ3v) is 3.49. The molecule has 0 aliphatic carbocycles. The number of benzene rings is 2. The Morgan fingerprint density at radius 3 is 2.35 bits per heavy atom. The predicted molar refractivity (Wildman–Crippen MR) is 104 cm³/mol. The zero-order chi connectivity index (χ0) is 18.8. The van der Waals surface area contributed by atoms with E-state index in [1.165, 1.54) is 0 Å². The van der Waals surface area contributed by atoms with E-state index in [2.05, 4.69) is 17.2 Å². The quantitative estimate of drug-likeness (QED) is 0.779. The Morgan fingerprint density at radius 2 is 1.69 bits per heavy atom. The van der Waals surface area contributed by atoms with Crippen LogP contribution in [-0.4, -0.2) is 39.8 Å². The van der Waals surface area contributed by atoms with Crippen molar-refractivity contribution in [1.29, 1.82) is 0 Å². The number of amides is 1. The van der Waals surface area contributed by atoms with Gasteiger partial charge in [-0.25, -0.2) is 0 Å². The van der Waals surface area contributed by atoms with Gasteiger partial charge in [0.25, 0.3) is 5.91 Å². The Morgan fingerprint density at radius 1 is 1.04 bits per heavy atom. The van der Waals surface area contributed by atoms with Gasteiger partial charge in [0, 0.05) is 19.7 Å². The van der Waals surface area contributed by atoms with Crippen molar-refractivity contribution in [3.8, 4) is 23.3 Å². The Labute approximate surface area is 154 Å². The van der Waals surface area contributed by atoms with Crippen LogP contribution in [0.4, 0.5) is 5.69 Å². The molecular weight excluding hydrogens is 328 g/mol. The molecule has 0 radical (unpaired) electrons. The van der Waals surface area contributed by atoms with E-state index in [1.54, 1.807) is 12.1 Å². The van der Waals surface area contributed by atoms with Crippen LogP contribution in [0.15, 0.2) is 48.5 Å². The van der Waals surface area contributed by atoms with Crippen molar-refractivity contribution >= 4 is 11.6 Å². The summed E-state index contributed by atoms with van der Waals surface area (Å²) in [6.45, 7) is 2.76. The molecule has 0 unspecified atom stereocenters. The summed E-state index contributed by atoms with van der Waals surface area (Å²) in [5.41, 5.74) is 1.97. The molecule has 0 bridgehead atoms. The molecular formula is C21H24N2O3. The maximum atomic E-state index is 11.8. The first-order valence-corrected chi connectivity index (χ1v) is 8.47. The highest BCUT2D eigenvalue weighted by atomic mass is 16.5. The van der Waals surface area contributed by atoms with Gasteiger partial charge < -0.3 is 19.7 Å². The number of hydrogen-bond acceptors (Lipinski definition) is 4. The number of nitrogens with zero attached hydrogens (tertiary/aromatic N) is 1. The van der Waals surface area contributed by atoms with E-state index in [4.69, 9.17) is 9.47 Å². The molecule has 5 nitrogen and oxygen atoms in total. The van der Waals surface area contributed by atoms with Crippen molar-refractivity contribution in [3.05, 3.63) is 54.1 Å². The number of para-hydroxylation sites is 1. The summed E-state index contributed by atoms with van der Waals surface area (Å²) >= 11 is 0. The van der Waals surface area contributed by atoms with E-state index in [0.29, 0.717) is 12.4 Å². The molecule has 136 valence electrons. The van der Waals surface area contributed by atoms with Crippen LogP contribution in [0.5, 0.6) is 11.5 Å². The number of ether oxygens (including phenoxy) is 2. The van der Waals surface area contributed by atoms with Crippen LogP contribution in [0.25, 0.3) is 0 Å². The Bertz CT molecular complexity index is 774. The van der Waals surface area contributed by atoms with Crippen molar-refractivity contribution in [2.75, 3.05) is 38.8 Å². The lowest BCUT2D eigenvalue weighted by Crippen LogP contribution is -2.29.